The van der Waals surface area contributed by atoms with Crippen LogP contribution in [0.25, 0.3) is 0 Å². The molecule has 0 radical (unpaired) electrons. The summed E-state index contributed by atoms with van der Waals surface area (Å²) < 4.78 is 13.8. The van der Waals surface area contributed by atoms with Gasteiger partial charge in [-0.15, -0.1) is 0 Å². The third kappa shape index (κ3) is 2.39. The van der Waals surface area contributed by atoms with Crippen LogP contribution < -0.4 is 4.90 Å². The van der Waals surface area contributed by atoms with Gasteiger partial charge in [-0.1, -0.05) is 6.07 Å². The van der Waals surface area contributed by atoms with Gasteiger partial charge in [0.15, 0.2) is 0 Å². The van der Waals surface area contributed by atoms with Crippen LogP contribution in [0.1, 0.15) is 5.56 Å². The lowest BCUT2D eigenvalue weighted by molar-refractivity contribution is -0.129. The summed E-state index contributed by atoms with van der Waals surface area (Å²) in [4.78, 5) is 14.9. The standard InChI is InChI=1S/C12H15FN2O2/c1-14-4-5-15(7-12(14)17)11-3-2-9(8-16)6-10(11)13/h2-3,6,16H,4-5,7-8H2,1H3. The zero-order chi connectivity index (χ0) is 12.4. The summed E-state index contributed by atoms with van der Waals surface area (Å²) in [5, 5.41) is 8.90. The molecule has 1 aromatic carbocycles. The van der Waals surface area contributed by atoms with Crippen LogP contribution in [0, 0.1) is 5.82 Å². The van der Waals surface area contributed by atoms with E-state index in [4.69, 9.17) is 5.11 Å². The molecular formula is C12H15FN2O2. The van der Waals surface area contributed by atoms with E-state index in [9.17, 15) is 9.18 Å². The van der Waals surface area contributed by atoms with E-state index in [-0.39, 0.29) is 19.1 Å². The van der Waals surface area contributed by atoms with Crippen LogP contribution in [0.15, 0.2) is 18.2 Å². The van der Waals surface area contributed by atoms with Gasteiger partial charge in [0.1, 0.15) is 5.82 Å². The third-order valence-corrected chi connectivity index (χ3v) is 2.99. The predicted octanol–water partition coefficient (Wildman–Crippen LogP) is 0.596. The Hall–Kier alpha value is -1.62. The summed E-state index contributed by atoms with van der Waals surface area (Å²) in [6, 6.07) is 4.58. The zero-order valence-electron chi connectivity index (χ0n) is 9.69. The number of carbonyl (C=O) groups excluding carboxylic acids is 1. The second kappa shape index (κ2) is 4.71. The molecule has 1 amide bonds. The average molecular weight is 238 g/mol. The lowest BCUT2D eigenvalue weighted by atomic mass is 10.1. The topological polar surface area (TPSA) is 43.8 Å². The first-order chi connectivity index (χ1) is 8.11. The van der Waals surface area contributed by atoms with E-state index >= 15 is 0 Å². The molecule has 1 fully saturated rings. The number of carbonyl (C=O) groups is 1. The van der Waals surface area contributed by atoms with Crippen molar-refractivity contribution in [2.45, 2.75) is 6.61 Å². The lowest BCUT2D eigenvalue weighted by Crippen LogP contribution is -2.48. The van der Waals surface area contributed by atoms with Crippen LogP contribution in [0.5, 0.6) is 0 Å². The van der Waals surface area contributed by atoms with Crippen molar-refractivity contribution in [2.75, 3.05) is 31.6 Å². The Labute approximate surface area is 99.3 Å². The van der Waals surface area contributed by atoms with Crippen LogP contribution in [0.4, 0.5) is 10.1 Å². The van der Waals surface area contributed by atoms with Crippen molar-refractivity contribution >= 4 is 11.6 Å². The second-order valence-electron chi connectivity index (χ2n) is 4.18. The molecule has 0 spiro atoms. The Morgan fingerprint density at radius 1 is 1.41 bits per heavy atom. The third-order valence-electron chi connectivity index (χ3n) is 2.99. The van der Waals surface area contributed by atoms with Gasteiger partial charge in [-0.2, -0.15) is 0 Å². The van der Waals surface area contributed by atoms with Crippen LogP contribution >= 0.6 is 0 Å². The smallest absolute Gasteiger partial charge is 0.241 e. The average Bonchev–Trinajstić information content (AvgIpc) is 2.32. The van der Waals surface area contributed by atoms with Gasteiger partial charge in [0.05, 0.1) is 18.8 Å². The number of anilines is 1. The molecule has 0 saturated carbocycles. The van der Waals surface area contributed by atoms with Crippen LogP contribution in [0.3, 0.4) is 0 Å². The quantitative estimate of drug-likeness (QED) is 0.820. The minimum atomic E-state index is -0.395. The number of hydrogen-bond acceptors (Lipinski definition) is 3. The van der Waals surface area contributed by atoms with Crippen LogP contribution in [-0.4, -0.2) is 42.6 Å². The van der Waals surface area contributed by atoms with Crippen molar-refractivity contribution in [1.29, 1.82) is 0 Å². The van der Waals surface area contributed by atoms with Gasteiger partial charge in [-0.3, -0.25) is 4.79 Å². The normalized spacial score (nSPS) is 16.5. The fourth-order valence-corrected chi connectivity index (χ4v) is 1.87. The van der Waals surface area contributed by atoms with Gasteiger partial charge in [-0.05, 0) is 17.7 Å². The fourth-order valence-electron chi connectivity index (χ4n) is 1.87. The van der Waals surface area contributed by atoms with Gasteiger partial charge in [-0.25, -0.2) is 4.39 Å². The number of benzene rings is 1. The maximum atomic E-state index is 13.8. The molecule has 1 aliphatic heterocycles. The number of rotatable bonds is 2. The largest absolute Gasteiger partial charge is 0.392 e. The van der Waals surface area contributed by atoms with Crippen molar-refractivity contribution < 1.29 is 14.3 Å². The van der Waals surface area contributed by atoms with Gasteiger partial charge in [0, 0.05) is 20.1 Å². The molecule has 0 aromatic heterocycles. The molecule has 1 N–H and O–H groups in total. The Bertz CT molecular complexity index is 437. The number of aliphatic hydroxyl groups excluding tert-OH is 1. The number of halogens is 1. The van der Waals surface area contributed by atoms with Crippen molar-refractivity contribution in [1.82, 2.24) is 4.90 Å². The molecule has 0 aliphatic carbocycles. The summed E-state index contributed by atoms with van der Waals surface area (Å²) in [6.07, 6.45) is 0. The first kappa shape index (κ1) is 11.9. The molecule has 2 rings (SSSR count). The molecule has 0 atom stereocenters. The monoisotopic (exact) mass is 238 g/mol. The van der Waals surface area contributed by atoms with E-state index in [0.717, 1.165) is 0 Å². The first-order valence-electron chi connectivity index (χ1n) is 5.50. The SMILES string of the molecule is CN1CCN(c2ccc(CO)cc2F)CC1=O. The molecular weight excluding hydrogens is 223 g/mol. The first-order valence-corrected chi connectivity index (χ1v) is 5.50. The molecule has 1 heterocycles. The van der Waals surface area contributed by atoms with Gasteiger partial charge < -0.3 is 14.9 Å². The highest BCUT2D eigenvalue weighted by Crippen LogP contribution is 2.22. The number of hydrogen-bond donors (Lipinski definition) is 1. The van der Waals surface area contributed by atoms with E-state index in [2.05, 4.69) is 0 Å². The molecule has 92 valence electrons. The maximum absolute atomic E-state index is 13.8. The summed E-state index contributed by atoms with van der Waals surface area (Å²) >= 11 is 0. The lowest BCUT2D eigenvalue weighted by Gasteiger charge is -2.33. The molecule has 17 heavy (non-hydrogen) atoms. The predicted molar refractivity (Wildman–Crippen MR) is 62.2 cm³/mol. The minimum absolute atomic E-state index is 0.0121. The van der Waals surface area contributed by atoms with E-state index in [1.54, 1.807) is 29.0 Å². The van der Waals surface area contributed by atoms with E-state index in [1.807, 2.05) is 0 Å². The highest BCUT2D eigenvalue weighted by molar-refractivity contribution is 5.82. The minimum Gasteiger partial charge on any atom is -0.392 e. The molecule has 1 aromatic rings. The second-order valence-corrected chi connectivity index (χ2v) is 4.18. The number of likely N-dealkylation sites (N-methyl/N-ethyl adjacent to an activating group) is 1. The summed E-state index contributed by atoms with van der Waals surface area (Å²) in [5.41, 5.74) is 0.954. The Morgan fingerprint density at radius 3 is 2.76 bits per heavy atom. The highest BCUT2D eigenvalue weighted by Gasteiger charge is 2.22. The molecule has 0 bridgehead atoms. The van der Waals surface area contributed by atoms with Crippen LogP contribution in [0.2, 0.25) is 0 Å². The fraction of sp³-hybridized carbons (Fsp3) is 0.417. The maximum Gasteiger partial charge on any atom is 0.241 e. The van der Waals surface area contributed by atoms with Crippen molar-refractivity contribution in [2.24, 2.45) is 0 Å². The molecule has 1 aliphatic rings. The number of nitrogens with zero attached hydrogens (tertiary/aromatic N) is 2. The van der Waals surface area contributed by atoms with Gasteiger partial charge in [0.2, 0.25) is 5.91 Å². The molecule has 0 unspecified atom stereocenters. The molecule has 5 heteroatoms. The number of amides is 1. The Morgan fingerprint density at radius 2 is 2.18 bits per heavy atom. The van der Waals surface area contributed by atoms with Crippen molar-refractivity contribution in [3.63, 3.8) is 0 Å². The van der Waals surface area contributed by atoms with Crippen LogP contribution in [-0.2, 0) is 11.4 Å². The van der Waals surface area contributed by atoms with Crippen molar-refractivity contribution in [3.05, 3.63) is 29.6 Å². The Kier molecular flexibility index (Phi) is 3.28. The highest BCUT2D eigenvalue weighted by atomic mass is 19.1. The summed E-state index contributed by atoms with van der Waals surface area (Å²) in [5.74, 6) is -0.407. The van der Waals surface area contributed by atoms with E-state index in [1.165, 1.54) is 6.07 Å². The summed E-state index contributed by atoms with van der Waals surface area (Å²) in [6.45, 7) is 1.24. The zero-order valence-corrected chi connectivity index (χ0v) is 9.69. The number of aliphatic hydroxyl groups is 1. The Balaban J connectivity index is 2.20. The van der Waals surface area contributed by atoms with Gasteiger partial charge in [0.25, 0.3) is 0 Å². The molecule has 1 saturated heterocycles. The molecule has 4 nitrogen and oxygen atoms in total. The summed E-state index contributed by atoms with van der Waals surface area (Å²) in [7, 11) is 1.74. The number of piperazine rings is 1. The van der Waals surface area contributed by atoms with Crippen molar-refractivity contribution in [3.8, 4) is 0 Å². The van der Waals surface area contributed by atoms with Gasteiger partial charge >= 0.3 is 0 Å². The van der Waals surface area contributed by atoms with E-state index < -0.39 is 5.82 Å². The van der Waals surface area contributed by atoms with E-state index in [0.29, 0.717) is 24.3 Å².